The number of hydrogen-bond donors (Lipinski definition) is 0. The molecule has 0 saturated carbocycles. The summed E-state index contributed by atoms with van der Waals surface area (Å²) in [4.78, 5) is 13.3. The number of carbonyl (C=O) groups excluding carboxylic acids is 1. The first-order valence-corrected chi connectivity index (χ1v) is 7.64. The molecule has 17 heavy (non-hydrogen) atoms. The van der Waals surface area contributed by atoms with Crippen LogP contribution in [0.4, 0.5) is 5.69 Å². The van der Waals surface area contributed by atoms with Crippen LogP contribution in [-0.2, 0) is 13.8 Å². The molecule has 0 aliphatic carbocycles. The molecule has 1 aliphatic rings. The van der Waals surface area contributed by atoms with Gasteiger partial charge in [0, 0.05) is 29.3 Å². The predicted molar refractivity (Wildman–Crippen MR) is 65.7 cm³/mol. The Hall–Kier alpha value is -1.07. The lowest BCUT2D eigenvalue weighted by Gasteiger charge is -2.26. The quantitative estimate of drug-likeness (QED) is 0.776. The molecular formula is C11H12ClNO3S. The van der Waals surface area contributed by atoms with E-state index < -0.39 is 9.05 Å². The van der Waals surface area contributed by atoms with Gasteiger partial charge < -0.3 is 4.90 Å². The molecule has 92 valence electrons. The summed E-state index contributed by atoms with van der Waals surface area (Å²) in [5, 5.41) is 0. The van der Waals surface area contributed by atoms with Crippen molar-refractivity contribution in [2.75, 3.05) is 11.4 Å². The second kappa shape index (κ2) is 4.66. The first-order valence-electron chi connectivity index (χ1n) is 5.33. The number of hydrogen-bond acceptors (Lipinski definition) is 3. The van der Waals surface area contributed by atoms with Gasteiger partial charge in [0.2, 0.25) is 5.91 Å². The van der Waals surface area contributed by atoms with Gasteiger partial charge in [-0.1, -0.05) is 6.07 Å². The molecule has 0 unspecified atom stereocenters. The molecule has 2 rings (SSSR count). The van der Waals surface area contributed by atoms with E-state index in [0.29, 0.717) is 18.7 Å². The van der Waals surface area contributed by atoms with Gasteiger partial charge in [0.1, 0.15) is 0 Å². The minimum Gasteiger partial charge on any atom is -0.312 e. The molecule has 1 aliphatic heterocycles. The first kappa shape index (κ1) is 12.4. The second-order valence-corrected chi connectivity index (χ2v) is 6.50. The third-order valence-corrected chi connectivity index (χ3v) is 4.09. The van der Waals surface area contributed by atoms with Crippen LogP contribution in [0.15, 0.2) is 29.2 Å². The van der Waals surface area contributed by atoms with Gasteiger partial charge >= 0.3 is 0 Å². The van der Waals surface area contributed by atoms with Crippen LogP contribution < -0.4 is 4.90 Å². The summed E-state index contributed by atoms with van der Waals surface area (Å²) in [5.41, 5.74) is 0.594. The molecule has 1 amide bonds. The monoisotopic (exact) mass is 273 g/mol. The molecule has 1 aromatic carbocycles. The van der Waals surface area contributed by atoms with Gasteiger partial charge in [-0.25, -0.2) is 8.42 Å². The third-order valence-electron chi connectivity index (χ3n) is 2.73. The minimum absolute atomic E-state index is 0.0232. The van der Waals surface area contributed by atoms with Crippen LogP contribution in [0, 0.1) is 0 Å². The maximum atomic E-state index is 11.7. The number of anilines is 1. The summed E-state index contributed by atoms with van der Waals surface area (Å²) in [6.07, 6.45) is 2.34. The molecule has 0 spiro atoms. The molecular weight excluding hydrogens is 262 g/mol. The van der Waals surface area contributed by atoms with E-state index in [2.05, 4.69) is 0 Å². The summed E-state index contributed by atoms with van der Waals surface area (Å²) in [7, 11) is 1.53. The maximum Gasteiger partial charge on any atom is 0.261 e. The van der Waals surface area contributed by atoms with E-state index in [-0.39, 0.29) is 10.8 Å². The number of nitrogens with zero attached hydrogens (tertiary/aromatic N) is 1. The summed E-state index contributed by atoms with van der Waals surface area (Å²) >= 11 is 0. The average molecular weight is 274 g/mol. The largest absolute Gasteiger partial charge is 0.312 e. The summed E-state index contributed by atoms with van der Waals surface area (Å²) in [6.45, 7) is 0.630. The molecule has 1 saturated heterocycles. The van der Waals surface area contributed by atoms with E-state index in [1.807, 2.05) is 0 Å². The molecule has 0 N–H and O–H groups in total. The summed E-state index contributed by atoms with van der Waals surface area (Å²) < 4.78 is 22.4. The van der Waals surface area contributed by atoms with E-state index in [0.717, 1.165) is 12.8 Å². The fourth-order valence-corrected chi connectivity index (χ4v) is 2.67. The zero-order chi connectivity index (χ0) is 12.5. The van der Waals surface area contributed by atoms with Gasteiger partial charge in [0.15, 0.2) is 0 Å². The van der Waals surface area contributed by atoms with Gasteiger partial charge in [-0.2, -0.15) is 0 Å². The molecule has 1 aromatic rings. The van der Waals surface area contributed by atoms with Crippen molar-refractivity contribution in [3.8, 4) is 0 Å². The van der Waals surface area contributed by atoms with Crippen molar-refractivity contribution in [1.82, 2.24) is 0 Å². The van der Waals surface area contributed by atoms with Crippen molar-refractivity contribution in [2.45, 2.75) is 24.2 Å². The number of carbonyl (C=O) groups is 1. The summed E-state index contributed by atoms with van der Waals surface area (Å²) in [5.74, 6) is 0.0281. The number of halogens is 1. The minimum atomic E-state index is -3.75. The number of piperidine rings is 1. The Kier molecular flexibility index (Phi) is 3.40. The van der Waals surface area contributed by atoms with E-state index in [4.69, 9.17) is 10.7 Å². The molecule has 1 fully saturated rings. The fraction of sp³-hybridized carbons (Fsp3) is 0.364. The van der Waals surface area contributed by atoms with Gasteiger partial charge in [0.25, 0.3) is 9.05 Å². The highest BCUT2D eigenvalue weighted by Gasteiger charge is 2.21. The van der Waals surface area contributed by atoms with Crippen LogP contribution in [0.2, 0.25) is 0 Å². The lowest BCUT2D eigenvalue weighted by atomic mass is 10.1. The first-order chi connectivity index (χ1) is 7.98. The van der Waals surface area contributed by atoms with Gasteiger partial charge in [-0.15, -0.1) is 0 Å². The Bertz CT molecular complexity index is 541. The lowest BCUT2D eigenvalue weighted by Crippen LogP contribution is -2.35. The third kappa shape index (κ3) is 2.79. The average Bonchev–Trinajstić information content (AvgIpc) is 2.29. The van der Waals surface area contributed by atoms with E-state index in [9.17, 15) is 13.2 Å². The lowest BCUT2D eigenvalue weighted by molar-refractivity contribution is -0.119. The van der Waals surface area contributed by atoms with Crippen LogP contribution in [0.5, 0.6) is 0 Å². The standard InChI is InChI=1S/C11H12ClNO3S/c12-17(15,16)10-5-3-4-9(8-10)13-7-2-1-6-11(13)14/h3-5,8H,1-2,6-7H2. The number of amides is 1. The maximum absolute atomic E-state index is 11.7. The van der Waals surface area contributed by atoms with Crippen LogP contribution in [0.1, 0.15) is 19.3 Å². The molecule has 0 bridgehead atoms. The van der Waals surface area contributed by atoms with Crippen molar-refractivity contribution in [3.05, 3.63) is 24.3 Å². The van der Waals surface area contributed by atoms with Crippen molar-refractivity contribution in [1.29, 1.82) is 0 Å². The highest BCUT2D eigenvalue weighted by atomic mass is 35.7. The molecule has 6 heteroatoms. The number of benzene rings is 1. The van der Waals surface area contributed by atoms with Gasteiger partial charge in [0.05, 0.1) is 4.90 Å². The Balaban J connectivity index is 2.36. The molecule has 4 nitrogen and oxygen atoms in total. The van der Waals surface area contributed by atoms with Crippen LogP contribution in [-0.4, -0.2) is 20.9 Å². The van der Waals surface area contributed by atoms with Crippen LogP contribution in [0.25, 0.3) is 0 Å². The normalized spacial score (nSPS) is 17.2. The smallest absolute Gasteiger partial charge is 0.261 e. The molecule has 0 radical (unpaired) electrons. The highest BCUT2D eigenvalue weighted by molar-refractivity contribution is 8.13. The van der Waals surface area contributed by atoms with Crippen LogP contribution >= 0.6 is 10.7 Å². The van der Waals surface area contributed by atoms with E-state index in [1.54, 1.807) is 17.0 Å². The number of rotatable bonds is 2. The fourth-order valence-electron chi connectivity index (χ4n) is 1.88. The topological polar surface area (TPSA) is 54.5 Å². The zero-order valence-corrected chi connectivity index (χ0v) is 10.7. The van der Waals surface area contributed by atoms with Gasteiger partial charge in [-0.3, -0.25) is 4.79 Å². The molecule has 0 atom stereocenters. The SMILES string of the molecule is O=C1CCCCN1c1cccc(S(=O)(=O)Cl)c1. The van der Waals surface area contributed by atoms with Crippen molar-refractivity contribution >= 4 is 31.3 Å². The Morgan fingerprint density at radius 1 is 1.24 bits per heavy atom. The van der Waals surface area contributed by atoms with Crippen molar-refractivity contribution < 1.29 is 13.2 Å². The van der Waals surface area contributed by atoms with Gasteiger partial charge in [-0.05, 0) is 31.0 Å². The molecule has 0 aromatic heterocycles. The van der Waals surface area contributed by atoms with E-state index in [1.165, 1.54) is 12.1 Å². The predicted octanol–water partition coefficient (Wildman–Crippen LogP) is 2.13. The van der Waals surface area contributed by atoms with Crippen molar-refractivity contribution in [3.63, 3.8) is 0 Å². The van der Waals surface area contributed by atoms with Crippen molar-refractivity contribution in [2.24, 2.45) is 0 Å². The zero-order valence-electron chi connectivity index (χ0n) is 9.10. The second-order valence-electron chi connectivity index (χ2n) is 3.94. The molecule has 1 heterocycles. The Morgan fingerprint density at radius 3 is 2.65 bits per heavy atom. The summed E-state index contributed by atoms with van der Waals surface area (Å²) in [6, 6.07) is 6.16. The van der Waals surface area contributed by atoms with Crippen LogP contribution in [0.3, 0.4) is 0 Å². The Labute approximate surface area is 105 Å². The highest BCUT2D eigenvalue weighted by Crippen LogP contribution is 2.25. The van der Waals surface area contributed by atoms with E-state index >= 15 is 0 Å². The Morgan fingerprint density at radius 2 is 2.00 bits per heavy atom.